The van der Waals surface area contributed by atoms with Gasteiger partial charge in [0, 0.05) is 0 Å². The van der Waals surface area contributed by atoms with Crippen LogP contribution in [0.2, 0.25) is 0 Å². The summed E-state index contributed by atoms with van der Waals surface area (Å²) in [6.45, 7) is 4.32. The number of fused-ring (bicyclic) bond motifs is 2. The first-order valence-electron chi connectivity index (χ1n) is 10.7. The number of allylic oxidation sites excluding steroid dienone is 9. The second-order valence-corrected chi connectivity index (χ2v) is 10.4. The highest BCUT2D eigenvalue weighted by molar-refractivity contribution is 14.1. The maximum Gasteiger partial charge on any atom is -0.00143 e. The predicted molar refractivity (Wildman–Crippen MR) is 121 cm³/mol. The fourth-order valence-electron chi connectivity index (χ4n) is 5.54. The van der Waals surface area contributed by atoms with Gasteiger partial charge in [-0.15, -0.1) is 0 Å². The Morgan fingerprint density at radius 1 is 0.923 bits per heavy atom. The van der Waals surface area contributed by atoms with Gasteiger partial charge in [-0.2, -0.15) is 0 Å². The molecule has 0 aliphatic heterocycles. The normalized spacial score (nSPS) is 39.3. The van der Waals surface area contributed by atoms with Gasteiger partial charge in [-0.1, -0.05) is 54.2 Å². The highest BCUT2D eigenvalue weighted by Crippen LogP contribution is 2.45. The third-order valence-electron chi connectivity index (χ3n) is 7.26. The van der Waals surface area contributed by atoms with Crippen molar-refractivity contribution in [3.05, 3.63) is 57.8 Å². The van der Waals surface area contributed by atoms with E-state index in [0.29, 0.717) is 5.92 Å². The van der Waals surface area contributed by atoms with E-state index in [4.69, 9.17) is 0 Å². The van der Waals surface area contributed by atoms with E-state index >= 15 is 0 Å². The fraction of sp³-hybridized carbons (Fsp3) is 0.600. The van der Waals surface area contributed by atoms with E-state index in [9.17, 15) is 0 Å². The molecule has 0 N–H and O–H groups in total. The van der Waals surface area contributed by atoms with Crippen LogP contribution in [0.1, 0.15) is 64.2 Å². The lowest BCUT2D eigenvalue weighted by molar-refractivity contribution is 0.273. The van der Waals surface area contributed by atoms with Crippen molar-refractivity contribution in [1.29, 1.82) is 0 Å². The Bertz CT molecular complexity index is 647. The van der Waals surface area contributed by atoms with Crippen LogP contribution in [0.4, 0.5) is 0 Å². The molecule has 0 saturated heterocycles. The van der Waals surface area contributed by atoms with E-state index in [2.05, 4.69) is 65.6 Å². The second-order valence-electron chi connectivity index (χ2n) is 8.99. The molecule has 5 unspecified atom stereocenters. The Hall–Kier alpha value is -0.570. The highest BCUT2D eigenvalue weighted by atomic mass is 127. The molecule has 4 aliphatic rings. The van der Waals surface area contributed by atoms with Crippen molar-refractivity contribution < 1.29 is 0 Å². The minimum Gasteiger partial charge on any atom is -0.0999 e. The van der Waals surface area contributed by atoms with E-state index < -0.39 is 0 Å². The molecule has 26 heavy (non-hydrogen) atoms. The van der Waals surface area contributed by atoms with Crippen LogP contribution in [-0.4, -0.2) is 0 Å². The molecule has 0 nitrogen and oxygen atoms in total. The minimum atomic E-state index is 0.714. The quantitative estimate of drug-likeness (QED) is 0.275. The van der Waals surface area contributed by atoms with Gasteiger partial charge in [0.1, 0.15) is 0 Å². The molecule has 0 bridgehead atoms. The van der Waals surface area contributed by atoms with Crippen LogP contribution in [-0.2, 0) is 0 Å². The molecule has 0 aromatic carbocycles. The zero-order valence-electron chi connectivity index (χ0n) is 16.0. The maximum absolute atomic E-state index is 4.32. The number of halogens is 1. The van der Waals surface area contributed by atoms with Crippen molar-refractivity contribution in [3.8, 4) is 0 Å². The monoisotopic (exact) mass is 460 g/mol. The van der Waals surface area contributed by atoms with Crippen LogP contribution in [0, 0.1) is 29.6 Å². The van der Waals surface area contributed by atoms with Gasteiger partial charge in [-0.25, -0.2) is 0 Å². The first-order valence-corrected chi connectivity index (χ1v) is 11.8. The number of rotatable bonds is 1. The Kier molecular flexibility index (Phi) is 6.23. The summed E-state index contributed by atoms with van der Waals surface area (Å²) in [5, 5.41) is 0. The van der Waals surface area contributed by atoms with Gasteiger partial charge in [-0.05, 0) is 120 Å². The van der Waals surface area contributed by atoms with Crippen LogP contribution in [0.25, 0.3) is 0 Å². The molecule has 0 fully saturated rings. The van der Waals surface area contributed by atoms with E-state index in [1.165, 1.54) is 69.8 Å². The average molecular weight is 460 g/mol. The van der Waals surface area contributed by atoms with E-state index in [-0.39, 0.29) is 0 Å². The Balaban J connectivity index is 1.46. The molecule has 4 aliphatic carbocycles. The summed E-state index contributed by atoms with van der Waals surface area (Å²) >= 11 is 2.53. The smallest absolute Gasteiger partial charge is 0.00143 e. The molecule has 0 aromatic heterocycles. The molecule has 0 aromatic rings. The molecule has 5 atom stereocenters. The highest BCUT2D eigenvalue weighted by Gasteiger charge is 2.32. The van der Waals surface area contributed by atoms with Gasteiger partial charge >= 0.3 is 0 Å². The topological polar surface area (TPSA) is 0 Å². The summed E-state index contributed by atoms with van der Waals surface area (Å²) in [6.07, 6.45) is 28.1. The summed E-state index contributed by atoms with van der Waals surface area (Å²) < 4.78 is 1.57. The lowest BCUT2D eigenvalue weighted by atomic mass is 9.67. The zero-order chi connectivity index (χ0) is 17.9. The maximum atomic E-state index is 4.32. The first-order chi connectivity index (χ1) is 12.7. The van der Waals surface area contributed by atoms with E-state index in [0.717, 1.165) is 23.7 Å². The van der Waals surface area contributed by atoms with Crippen LogP contribution >= 0.6 is 22.6 Å². The van der Waals surface area contributed by atoms with Crippen molar-refractivity contribution in [3.63, 3.8) is 0 Å². The van der Waals surface area contributed by atoms with Gasteiger partial charge in [0.15, 0.2) is 0 Å². The van der Waals surface area contributed by atoms with Crippen molar-refractivity contribution >= 4 is 22.6 Å². The van der Waals surface area contributed by atoms with E-state index in [1.807, 2.05) is 0 Å². The molecule has 0 heterocycles. The van der Waals surface area contributed by atoms with Crippen LogP contribution < -0.4 is 0 Å². The van der Waals surface area contributed by atoms with Gasteiger partial charge in [0.05, 0.1) is 0 Å². The van der Waals surface area contributed by atoms with Crippen LogP contribution in [0.5, 0.6) is 0 Å². The summed E-state index contributed by atoms with van der Waals surface area (Å²) in [5.41, 5.74) is 3.23. The predicted octanol–water partition coefficient (Wildman–Crippen LogP) is 7.94. The van der Waals surface area contributed by atoms with Crippen molar-refractivity contribution in [2.45, 2.75) is 64.2 Å². The molecule has 1 heteroatoms. The Morgan fingerprint density at radius 2 is 1.81 bits per heavy atom. The van der Waals surface area contributed by atoms with Crippen molar-refractivity contribution in [2.75, 3.05) is 0 Å². The van der Waals surface area contributed by atoms with Crippen LogP contribution in [0.3, 0.4) is 0 Å². The molecule has 0 saturated carbocycles. The van der Waals surface area contributed by atoms with Crippen LogP contribution in [0.15, 0.2) is 57.8 Å². The standard InChI is InChI=1S/C25H33I/c1-18-5-3-2-4-6-19-9-10-21(15-20(19)8-7-18)22-11-12-24-17-25(26)14-13-23(24)16-22/h2,4,10-12,17,19-20,22-24H,1,3,5-9,13-16H2/b4-2-. The first kappa shape index (κ1) is 18.8. The number of hydrogen-bond donors (Lipinski definition) is 0. The third-order valence-corrected chi connectivity index (χ3v) is 8.16. The molecule has 0 radical (unpaired) electrons. The Labute approximate surface area is 173 Å². The Morgan fingerprint density at radius 3 is 2.73 bits per heavy atom. The zero-order valence-corrected chi connectivity index (χ0v) is 18.2. The van der Waals surface area contributed by atoms with Crippen molar-refractivity contribution in [2.24, 2.45) is 29.6 Å². The summed E-state index contributed by atoms with van der Waals surface area (Å²) in [7, 11) is 0. The molecular formula is C25H33I. The number of hydrogen-bond acceptors (Lipinski definition) is 0. The van der Waals surface area contributed by atoms with Gasteiger partial charge in [-0.3, -0.25) is 0 Å². The largest absolute Gasteiger partial charge is 0.0999 e. The SMILES string of the molecule is C=C1CC/C=C\CC2CC=C(C3C=CC4C=C(I)CCC4C3)CC2CC1. The summed E-state index contributed by atoms with van der Waals surface area (Å²) in [4.78, 5) is 0. The second kappa shape index (κ2) is 8.63. The summed E-state index contributed by atoms with van der Waals surface area (Å²) in [5.74, 6) is 4.04. The molecule has 0 amide bonds. The van der Waals surface area contributed by atoms with Gasteiger partial charge < -0.3 is 0 Å². The molecule has 0 spiro atoms. The molecule has 140 valence electrons. The van der Waals surface area contributed by atoms with E-state index in [1.54, 1.807) is 9.15 Å². The van der Waals surface area contributed by atoms with Crippen molar-refractivity contribution in [1.82, 2.24) is 0 Å². The lowest BCUT2D eigenvalue weighted by Gasteiger charge is -2.38. The van der Waals surface area contributed by atoms with Gasteiger partial charge in [0.25, 0.3) is 0 Å². The van der Waals surface area contributed by atoms with Gasteiger partial charge in [0.2, 0.25) is 0 Å². The summed E-state index contributed by atoms with van der Waals surface area (Å²) in [6, 6.07) is 0. The minimum absolute atomic E-state index is 0.714. The molecule has 4 rings (SSSR count). The fourth-order valence-corrected chi connectivity index (χ4v) is 6.27. The lowest BCUT2D eigenvalue weighted by Crippen LogP contribution is -2.26. The average Bonchev–Trinajstić information content (AvgIpc) is 2.66. The third kappa shape index (κ3) is 4.46. The molecular weight excluding hydrogens is 427 g/mol.